The van der Waals surface area contributed by atoms with Crippen molar-refractivity contribution in [3.8, 4) is 11.5 Å². The fraction of sp³-hybridized carbons (Fsp3) is 0.0625. The molecule has 0 amide bonds. The second kappa shape index (κ2) is 6.39. The zero-order chi connectivity index (χ0) is 18.1. The first-order valence-corrected chi connectivity index (χ1v) is 7.37. The number of fused-ring (bicyclic) bond motifs is 1. The van der Waals surface area contributed by atoms with E-state index in [0.717, 1.165) is 12.1 Å². The van der Waals surface area contributed by atoms with Crippen LogP contribution in [0, 0.1) is 17.5 Å². The number of aromatic nitrogens is 3. The summed E-state index contributed by atoms with van der Waals surface area (Å²) in [5.74, 6) is -2.81. The summed E-state index contributed by atoms with van der Waals surface area (Å²) in [7, 11) is 0. The Hall–Kier alpha value is -3.56. The van der Waals surface area contributed by atoms with Gasteiger partial charge in [-0.2, -0.15) is 10.1 Å². The van der Waals surface area contributed by atoms with E-state index in [2.05, 4.69) is 25.8 Å². The van der Waals surface area contributed by atoms with Crippen LogP contribution in [-0.4, -0.2) is 22.0 Å². The van der Waals surface area contributed by atoms with Crippen molar-refractivity contribution in [1.82, 2.24) is 15.2 Å². The van der Waals surface area contributed by atoms with Gasteiger partial charge in [0.15, 0.2) is 34.8 Å². The van der Waals surface area contributed by atoms with Gasteiger partial charge in [-0.1, -0.05) is 0 Å². The van der Waals surface area contributed by atoms with Gasteiger partial charge in [0.2, 0.25) is 12.7 Å². The zero-order valence-corrected chi connectivity index (χ0v) is 13.0. The molecule has 0 unspecified atom stereocenters. The van der Waals surface area contributed by atoms with Gasteiger partial charge in [0.1, 0.15) is 0 Å². The highest BCUT2D eigenvalue weighted by molar-refractivity contribution is 5.62. The summed E-state index contributed by atoms with van der Waals surface area (Å²) in [6.07, 6.45) is 1.21. The number of ether oxygens (including phenoxy) is 2. The quantitative estimate of drug-likeness (QED) is 0.688. The van der Waals surface area contributed by atoms with Crippen molar-refractivity contribution in [2.24, 2.45) is 0 Å². The van der Waals surface area contributed by atoms with Crippen molar-refractivity contribution in [1.29, 1.82) is 0 Å². The van der Waals surface area contributed by atoms with Gasteiger partial charge in [0.05, 0.1) is 11.9 Å². The van der Waals surface area contributed by atoms with Crippen molar-refractivity contribution >= 4 is 23.1 Å². The molecule has 2 aromatic carbocycles. The van der Waals surface area contributed by atoms with Gasteiger partial charge in [-0.15, -0.1) is 5.10 Å². The van der Waals surface area contributed by atoms with Gasteiger partial charge in [-0.3, -0.25) is 0 Å². The number of halogens is 3. The maximum atomic E-state index is 13.7. The van der Waals surface area contributed by atoms with Gasteiger partial charge in [0.25, 0.3) is 0 Å². The third-order valence-corrected chi connectivity index (χ3v) is 3.49. The minimum absolute atomic E-state index is 0.0909. The molecular weight excluding hydrogens is 351 g/mol. The predicted octanol–water partition coefficient (Wildman–Crippen LogP) is 3.50. The lowest BCUT2D eigenvalue weighted by atomic mass is 10.3. The summed E-state index contributed by atoms with van der Waals surface area (Å²) in [6, 6.07) is 7.01. The maximum absolute atomic E-state index is 13.7. The van der Waals surface area contributed by atoms with Crippen molar-refractivity contribution in [2.45, 2.75) is 0 Å². The number of anilines is 4. The van der Waals surface area contributed by atoms with Crippen molar-refractivity contribution in [3.63, 3.8) is 0 Å². The molecule has 2 N–H and O–H groups in total. The van der Waals surface area contributed by atoms with E-state index in [1.807, 2.05) is 0 Å². The minimum Gasteiger partial charge on any atom is -0.454 e. The molecule has 0 saturated carbocycles. The van der Waals surface area contributed by atoms with Crippen LogP contribution in [0.5, 0.6) is 11.5 Å². The highest BCUT2D eigenvalue weighted by atomic mass is 19.2. The van der Waals surface area contributed by atoms with Gasteiger partial charge in [-0.05, 0) is 24.3 Å². The summed E-state index contributed by atoms with van der Waals surface area (Å²) >= 11 is 0. The minimum atomic E-state index is -1.57. The van der Waals surface area contributed by atoms with E-state index >= 15 is 0 Å². The number of rotatable bonds is 4. The lowest BCUT2D eigenvalue weighted by Crippen LogP contribution is -2.04. The normalized spacial score (nSPS) is 12.1. The van der Waals surface area contributed by atoms with Crippen molar-refractivity contribution in [2.75, 3.05) is 17.4 Å². The monoisotopic (exact) mass is 361 g/mol. The Morgan fingerprint density at radius 3 is 2.65 bits per heavy atom. The molecule has 26 heavy (non-hydrogen) atoms. The summed E-state index contributed by atoms with van der Waals surface area (Å²) in [4.78, 5) is 4.10. The molecule has 0 bridgehead atoms. The largest absolute Gasteiger partial charge is 0.454 e. The van der Waals surface area contributed by atoms with Crippen LogP contribution in [0.4, 0.5) is 36.3 Å². The van der Waals surface area contributed by atoms with Crippen LogP contribution in [0.15, 0.2) is 36.5 Å². The molecule has 0 atom stereocenters. The highest BCUT2D eigenvalue weighted by Gasteiger charge is 2.15. The summed E-state index contributed by atoms with van der Waals surface area (Å²) in [6.45, 7) is 0.149. The van der Waals surface area contributed by atoms with Gasteiger partial charge in [0, 0.05) is 11.8 Å². The van der Waals surface area contributed by atoms with Crippen LogP contribution in [0.1, 0.15) is 0 Å². The third kappa shape index (κ3) is 3.04. The molecule has 3 aromatic rings. The molecule has 0 fully saturated rings. The number of nitrogens with one attached hydrogen (secondary N) is 2. The summed E-state index contributed by atoms with van der Waals surface area (Å²) in [5, 5.41) is 13.0. The zero-order valence-electron chi connectivity index (χ0n) is 13.0. The van der Waals surface area contributed by atoms with Crippen LogP contribution in [0.25, 0.3) is 0 Å². The fourth-order valence-corrected chi connectivity index (χ4v) is 2.28. The molecule has 7 nitrogen and oxygen atoms in total. The number of nitrogens with zero attached hydrogens (tertiary/aromatic N) is 3. The highest BCUT2D eigenvalue weighted by Crippen LogP contribution is 2.34. The van der Waals surface area contributed by atoms with Crippen LogP contribution < -0.4 is 20.1 Å². The van der Waals surface area contributed by atoms with Crippen molar-refractivity contribution in [3.05, 3.63) is 54.0 Å². The Kier molecular flexibility index (Phi) is 3.92. The van der Waals surface area contributed by atoms with Crippen LogP contribution in [-0.2, 0) is 0 Å². The molecule has 1 aromatic heterocycles. The second-order valence-corrected chi connectivity index (χ2v) is 5.21. The molecule has 1 aliphatic rings. The molecule has 0 aliphatic carbocycles. The number of benzene rings is 2. The number of hydrogen-bond donors (Lipinski definition) is 2. The first kappa shape index (κ1) is 15.9. The fourth-order valence-electron chi connectivity index (χ4n) is 2.28. The Bertz CT molecular complexity index is 986. The second-order valence-electron chi connectivity index (χ2n) is 5.21. The van der Waals surface area contributed by atoms with E-state index in [9.17, 15) is 13.2 Å². The van der Waals surface area contributed by atoms with Crippen LogP contribution in [0.2, 0.25) is 0 Å². The lowest BCUT2D eigenvalue weighted by molar-refractivity contribution is 0.174. The summed E-state index contributed by atoms with van der Waals surface area (Å²) in [5.41, 5.74) is 0.339. The standard InChI is InChI=1S/C16H10F3N5O2/c17-9-2-3-10(15(19)14(9)18)22-13-6-20-24-16(23-13)21-8-1-4-11-12(5-8)26-7-25-11/h1-6H,7H2,(H2,21,22,23,24). The molecule has 2 heterocycles. The van der Waals surface area contributed by atoms with E-state index in [4.69, 9.17) is 9.47 Å². The Morgan fingerprint density at radius 2 is 1.77 bits per heavy atom. The van der Waals surface area contributed by atoms with Crippen LogP contribution in [0.3, 0.4) is 0 Å². The topological polar surface area (TPSA) is 81.2 Å². The third-order valence-electron chi connectivity index (χ3n) is 3.49. The predicted molar refractivity (Wildman–Crippen MR) is 85.3 cm³/mol. The average Bonchev–Trinajstić information content (AvgIpc) is 3.10. The molecule has 0 radical (unpaired) electrons. The average molecular weight is 361 g/mol. The van der Waals surface area contributed by atoms with Gasteiger partial charge >= 0.3 is 0 Å². The smallest absolute Gasteiger partial charge is 0.249 e. The number of hydrogen-bond acceptors (Lipinski definition) is 7. The molecule has 0 spiro atoms. The first-order chi connectivity index (χ1) is 12.6. The Balaban J connectivity index is 1.54. The molecule has 0 saturated heterocycles. The first-order valence-electron chi connectivity index (χ1n) is 7.37. The van der Waals surface area contributed by atoms with E-state index in [1.165, 1.54) is 6.20 Å². The van der Waals surface area contributed by atoms with E-state index < -0.39 is 17.5 Å². The Morgan fingerprint density at radius 1 is 0.923 bits per heavy atom. The van der Waals surface area contributed by atoms with E-state index in [0.29, 0.717) is 17.2 Å². The van der Waals surface area contributed by atoms with E-state index in [-0.39, 0.29) is 24.2 Å². The van der Waals surface area contributed by atoms with E-state index in [1.54, 1.807) is 18.2 Å². The molecule has 4 rings (SSSR count). The molecular formula is C16H10F3N5O2. The van der Waals surface area contributed by atoms with Gasteiger partial charge < -0.3 is 20.1 Å². The Labute approximate surface area is 144 Å². The molecule has 10 heteroatoms. The van der Waals surface area contributed by atoms with Crippen LogP contribution >= 0.6 is 0 Å². The molecule has 1 aliphatic heterocycles. The van der Waals surface area contributed by atoms with Gasteiger partial charge in [-0.25, -0.2) is 13.2 Å². The van der Waals surface area contributed by atoms with Crippen molar-refractivity contribution < 1.29 is 22.6 Å². The maximum Gasteiger partial charge on any atom is 0.249 e. The molecule has 132 valence electrons. The summed E-state index contributed by atoms with van der Waals surface area (Å²) < 4.78 is 50.5. The SMILES string of the molecule is Fc1ccc(Nc2cnnc(Nc3ccc4c(c3)OCO4)n2)c(F)c1F. The lowest BCUT2D eigenvalue weighted by Gasteiger charge is -2.09.